The summed E-state index contributed by atoms with van der Waals surface area (Å²) in [5, 5.41) is 9.82. The number of nitrogens with zero attached hydrogens (tertiary/aromatic N) is 1. The number of piperidine rings is 1. The van der Waals surface area contributed by atoms with Crippen molar-refractivity contribution in [1.82, 2.24) is 4.90 Å². The Morgan fingerprint density at radius 1 is 1.10 bits per heavy atom. The summed E-state index contributed by atoms with van der Waals surface area (Å²) in [4.78, 5) is 14.3. The Balaban J connectivity index is 1.71. The molecule has 0 aromatic heterocycles. The van der Waals surface area contributed by atoms with Gasteiger partial charge in [-0.3, -0.25) is 4.79 Å². The van der Waals surface area contributed by atoms with Gasteiger partial charge >= 0.3 is 0 Å². The summed E-state index contributed by atoms with van der Waals surface area (Å²) in [6.07, 6.45) is 6.46. The van der Waals surface area contributed by atoms with Crippen molar-refractivity contribution in [3.05, 3.63) is 0 Å². The van der Waals surface area contributed by atoms with Gasteiger partial charge in [-0.2, -0.15) is 0 Å². The molecule has 6 heteroatoms. The molecule has 3 aliphatic rings. The van der Waals surface area contributed by atoms with E-state index in [0.717, 1.165) is 32.1 Å². The molecule has 1 N–H and O–H groups in total. The SMILES string of the molecule is O=C(C1CCCCS1(=O)=O)N1CCC2(O)CCCCC2C1. The minimum absolute atomic E-state index is 0.121. The van der Waals surface area contributed by atoms with E-state index in [1.165, 1.54) is 0 Å². The molecule has 0 aromatic rings. The number of rotatable bonds is 1. The zero-order valence-corrected chi connectivity index (χ0v) is 13.3. The highest BCUT2D eigenvalue weighted by Crippen LogP contribution is 2.40. The molecule has 2 saturated heterocycles. The molecule has 21 heavy (non-hydrogen) atoms. The first-order valence-corrected chi connectivity index (χ1v) is 9.87. The van der Waals surface area contributed by atoms with E-state index < -0.39 is 20.7 Å². The zero-order valence-electron chi connectivity index (χ0n) is 12.5. The molecular weight excluding hydrogens is 290 g/mol. The monoisotopic (exact) mass is 315 g/mol. The Bertz CT molecular complexity index is 518. The molecule has 3 fully saturated rings. The van der Waals surface area contributed by atoms with Crippen LogP contribution in [0.25, 0.3) is 0 Å². The van der Waals surface area contributed by atoms with Gasteiger partial charge in [0.25, 0.3) is 0 Å². The smallest absolute Gasteiger partial charge is 0.240 e. The third-order valence-corrected chi connectivity index (χ3v) is 7.76. The van der Waals surface area contributed by atoms with Crippen LogP contribution in [-0.2, 0) is 14.6 Å². The second kappa shape index (κ2) is 5.54. The van der Waals surface area contributed by atoms with Crippen molar-refractivity contribution in [2.45, 2.75) is 62.2 Å². The van der Waals surface area contributed by atoms with E-state index in [1.807, 2.05) is 0 Å². The maximum atomic E-state index is 12.6. The standard InChI is InChI=1S/C15H25NO4S/c17-14(13-6-2-4-10-21(13,19)20)16-9-8-15(18)7-3-1-5-12(15)11-16/h12-13,18H,1-11H2. The Labute approximate surface area is 126 Å². The van der Waals surface area contributed by atoms with Crippen LogP contribution >= 0.6 is 0 Å². The average molecular weight is 315 g/mol. The number of carbonyl (C=O) groups excluding carboxylic acids is 1. The fourth-order valence-electron chi connectivity index (χ4n) is 4.21. The summed E-state index contributed by atoms with van der Waals surface area (Å²) < 4.78 is 24.2. The summed E-state index contributed by atoms with van der Waals surface area (Å²) >= 11 is 0. The molecule has 0 bridgehead atoms. The fourth-order valence-corrected chi connectivity index (χ4v) is 6.08. The molecule has 5 nitrogen and oxygen atoms in total. The molecule has 0 spiro atoms. The predicted octanol–water partition coefficient (Wildman–Crippen LogP) is 1.11. The Morgan fingerprint density at radius 2 is 1.86 bits per heavy atom. The molecule has 0 aromatic carbocycles. The van der Waals surface area contributed by atoms with Crippen molar-refractivity contribution in [3.8, 4) is 0 Å². The average Bonchev–Trinajstić information content (AvgIpc) is 2.45. The third kappa shape index (κ3) is 2.84. The van der Waals surface area contributed by atoms with E-state index in [2.05, 4.69) is 0 Å². The number of hydrogen-bond acceptors (Lipinski definition) is 4. The van der Waals surface area contributed by atoms with Crippen molar-refractivity contribution < 1.29 is 18.3 Å². The summed E-state index contributed by atoms with van der Waals surface area (Å²) in [7, 11) is -3.27. The van der Waals surface area contributed by atoms with E-state index in [1.54, 1.807) is 4.90 Å². The molecular formula is C15H25NO4S. The van der Waals surface area contributed by atoms with Gasteiger partial charge in [0.2, 0.25) is 5.91 Å². The van der Waals surface area contributed by atoms with E-state index in [-0.39, 0.29) is 17.6 Å². The van der Waals surface area contributed by atoms with Gasteiger partial charge in [0.15, 0.2) is 9.84 Å². The maximum Gasteiger partial charge on any atom is 0.240 e. The van der Waals surface area contributed by atoms with Gasteiger partial charge in [-0.25, -0.2) is 8.42 Å². The zero-order chi connectivity index (χ0) is 15.1. The summed E-state index contributed by atoms with van der Waals surface area (Å²) in [6, 6.07) is 0. The number of amides is 1. The summed E-state index contributed by atoms with van der Waals surface area (Å²) in [5.74, 6) is 0.0440. The Kier molecular flexibility index (Phi) is 4.03. The number of likely N-dealkylation sites (tertiary alicyclic amines) is 1. The van der Waals surface area contributed by atoms with Gasteiger partial charge < -0.3 is 10.0 Å². The van der Waals surface area contributed by atoms with Crippen LogP contribution in [0.2, 0.25) is 0 Å². The number of hydrogen-bond donors (Lipinski definition) is 1. The van der Waals surface area contributed by atoms with Crippen LogP contribution in [0.3, 0.4) is 0 Å². The molecule has 3 rings (SSSR count). The lowest BCUT2D eigenvalue weighted by molar-refractivity contribution is -0.143. The molecule has 1 aliphatic carbocycles. The molecule has 1 amide bonds. The normalized spacial score (nSPS) is 39.6. The van der Waals surface area contributed by atoms with Crippen LogP contribution in [0.4, 0.5) is 0 Å². The van der Waals surface area contributed by atoms with E-state index in [4.69, 9.17) is 0 Å². The molecule has 0 radical (unpaired) electrons. The first-order chi connectivity index (χ1) is 9.92. The second-order valence-corrected chi connectivity index (χ2v) is 9.23. The highest BCUT2D eigenvalue weighted by atomic mass is 32.2. The van der Waals surface area contributed by atoms with Gasteiger partial charge in [-0.05, 0) is 32.1 Å². The van der Waals surface area contributed by atoms with E-state index >= 15 is 0 Å². The highest BCUT2D eigenvalue weighted by Gasteiger charge is 2.46. The van der Waals surface area contributed by atoms with Crippen molar-refractivity contribution in [1.29, 1.82) is 0 Å². The fraction of sp³-hybridized carbons (Fsp3) is 0.933. The van der Waals surface area contributed by atoms with Crippen LogP contribution < -0.4 is 0 Å². The van der Waals surface area contributed by atoms with Gasteiger partial charge in [0.1, 0.15) is 5.25 Å². The maximum absolute atomic E-state index is 12.6. The third-order valence-electron chi connectivity index (χ3n) is 5.59. The number of carbonyl (C=O) groups is 1. The van der Waals surface area contributed by atoms with Crippen LogP contribution in [-0.4, -0.2) is 54.0 Å². The lowest BCUT2D eigenvalue weighted by atomic mass is 9.71. The van der Waals surface area contributed by atoms with Gasteiger partial charge in [-0.15, -0.1) is 0 Å². The largest absolute Gasteiger partial charge is 0.389 e. The number of aliphatic hydroxyl groups is 1. The molecule has 2 aliphatic heterocycles. The van der Waals surface area contributed by atoms with Crippen molar-refractivity contribution in [2.24, 2.45) is 5.92 Å². The molecule has 1 saturated carbocycles. The van der Waals surface area contributed by atoms with Crippen molar-refractivity contribution >= 4 is 15.7 Å². The molecule has 120 valence electrons. The van der Waals surface area contributed by atoms with Crippen molar-refractivity contribution in [3.63, 3.8) is 0 Å². The summed E-state index contributed by atoms with van der Waals surface area (Å²) in [5.41, 5.74) is -0.625. The Morgan fingerprint density at radius 3 is 2.62 bits per heavy atom. The lowest BCUT2D eigenvalue weighted by Gasteiger charge is -2.48. The minimum atomic E-state index is -3.27. The Hall–Kier alpha value is -0.620. The molecule has 3 unspecified atom stereocenters. The molecule has 3 atom stereocenters. The molecule has 2 heterocycles. The lowest BCUT2D eigenvalue weighted by Crippen LogP contribution is -2.57. The number of sulfone groups is 1. The second-order valence-electron chi connectivity index (χ2n) is 6.93. The minimum Gasteiger partial charge on any atom is -0.389 e. The van der Waals surface area contributed by atoms with Crippen LogP contribution in [0, 0.1) is 5.92 Å². The first-order valence-electron chi connectivity index (χ1n) is 8.15. The van der Waals surface area contributed by atoms with Crippen LogP contribution in [0.15, 0.2) is 0 Å². The van der Waals surface area contributed by atoms with Gasteiger partial charge in [0.05, 0.1) is 11.4 Å². The van der Waals surface area contributed by atoms with Crippen LogP contribution in [0.1, 0.15) is 51.4 Å². The van der Waals surface area contributed by atoms with Gasteiger partial charge in [0, 0.05) is 19.0 Å². The van der Waals surface area contributed by atoms with E-state index in [9.17, 15) is 18.3 Å². The quantitative estimate of drug-likeness (QED) is 0.786. The number of fused-ring (bicyclic) bond motifs is 1. The topological polar surface area (TPSA) is 74.7 Å². The first kappa shape index (κ1) is 15.3. The van der Waals surface area contributed by atoms with Gasteiger partial charge in [-0.1, -0.05) is 19.3 Å². The predicted molar refractivity (Wildman–Crippen MR) is 79.5 cm³/mol. The van der Waals surface area contributed by atoms with Crippen LogP contribution in [0.5, 0.6) is 0 Å². The highest BCUT2D eigenvalue weighted by molar-refractivity contribution is 7.92. The van der Waals surface area contributed by atoms with E-state index in [0.29, 0.717) is 32.4 Å². The van der Waals surface area contributed by atoms with Crippen molar-refractivity contribution in [2.75, 3.05) is 18.8 Å². The summed E-state index contributed by atoms with van der Waals surface area (Å²) in [6.45, 7) is 1.03.